The van der Waals surface area contributed by atoms with Gasteiger partial charge in [0.2, 0.25) is 0 Å². The molecule has 2 rings (SSSR count). The van der Waals surface area contributed by atoms with Gasteiger partial charge in [-0.2, -0.15) is 0 Å². The van der Waals surface area contributed by atoms with Crippen molar-refractivity contribution in [2.75, 3.05) is 20.1 Å². The Hall–Kier alpha value is -1.66. The largest absolute Gasteiger partial charge is 0.325 e. The minimum Gasteiger partial charge on any atom is -0.324 e. The number of likely N-dealkylation sites (N-methyl/N-ethyl adjacent to an activating group) is 1. The Balaban J connectivity index is 1.95. The standard InChI is InChI=1S/C15H19ClFN3O2/c1-15(2)13(21)20(14(22)18-15)8-7-19(3)9-10-11(16)5-4-6-12(10)17/h4-6H,7-9H2,1-3H3,(H,18,22). The van der Waals surface area contributed by atoms with Crippen molar-refractivity contribution in [2.24, 2.45) is 0 Å². The summed E-state index contributed by atoms with van der Waals surface area (Å²) in [5, 5.41) is 2.99. The van der Waals surface area contributed by atoms with E-state index < -0.39 is 11.6 Å². The van der Waals surface area contributed by atoms with Crippen LogP contribution < -0.4 is 5.32 Å². The highest BCUT2D eigenvalue weighted by atomic mass is 35.5. The predicted octanol–water partition coefficient (Wildman–Crippen LogP) is 2.24. The lowest BCUT2D eigenvalue weighted by Gasteiger charge is -2.21. The van der Waals surface area contributed by atoms with Crippen LogP contribution in [0.25, 0.3) is 0 Å². The zero-order valence-electron chi connectivity index (χ0n) is 12.8. The molecule has 1 aromatic rings. The maximum absolute atomic E-state index is 13.7. The molecule has 5 nitrogen and oxygen atoms in total. The van der Waals surface area contributed by atoms with Crippen molar-refractivity contribution in [3.63, 3.8) is 0 Å². The highest BCUT2D eigenvalue weighted by molar-refractivity contribution is 6.31. The van der Waals surface area contributed by atoms with E-state index in [2.05, 4.69) is 5.32 Å². The Morgan fingerprint density at radius 2 is 2.05 bits per heavy atom. The maximum Gasteiger partial charge on any atom is 0.325 e. The number of carbonyl (C=O) groups excluding carboxylic acids is 2. The van der Waals surface area contributed by atoms with E-state index in [-0.39, 0.29) is 18.3 Å². The van der Waals surface area contributed by atoms with Crippen molar-refractivity contribution < 1.29 is 14.0 Å². The van der Waals surface area contributed by atoms with Gasteiger partial charge in [-0.15, -0.1) is 0 Å². The SMILES string of the molecule is CN(CCN1C(=O)NC(C)(C)C1=O)Cc1c(F)cccc1Cl. The normalized spacial score (nSPS) is 17.3. The fourth-order valence-corrected chi connectivity index (χ4v) is 2.55. The van der Waals surface area contributed by atoms with Crippen molar-refractivity contribution in [3.8, 4) is 0 Å². The van der Waals surface area contributed by atoms with Gasteiger partial charge in [0.15, 0.2) is 0 Å². The molecule has 0 spiro atoms. The highest BCUT2D eigenvalue weighted by Gasteiger charge is 2.43. The van der Waals surface area contributed by atoms with Crippen LogP contribution in [-0.4, -0.2) is 47.4 Å². The van der Waals surface area contributed by atoms with Gasteiger partial charge < -0.3 is 10.2 Å². The van der Waals surface area contributed by atoms with Crippen LogP contribution in [0.5, 0.6) is 0 Å². The number of imide groups is 1. The molecule has 1 aliphatic heterocycles. The number of benzene rings is 1. The molecule has 0 atom stereocenters. The highest BCUT2D eigenvalue weighted by Crippen LogP contribution is 2.21. The van der Waals surface area contributed by atoms with Gasteiger partial charge in [0, 0.05) is 30.2 Å². The molecular formula is C15H19ClFN3O2. The van der Waals surface area contributed by atoms with Gasteiger partial charge >= 0.3 is 6.03 Å². The molecule has 22 heavy (non-hydrogen) atoms. The van der Waals surface area contributed by atoms with E-state index in [1.54, 1.807) is 33.0 Å². The fraction of sp³-hybridized carbons (Fsp3) is 0.467. The second-order valence-electron chi connectivity index (χ2n) is 5.95. The summed E-state index contributed by atoms with van der Waals surface area (Å²) in [5.74, 6) is -0.620. The average Bonchev–Trinajstić information content (AvgIpc) is 2.61. The number of hydrogen-bond acceptors (Lipinski definition) is 3. The van der Waals surface area contributed by atoms with E-state index in [1.165, 1.54) is 11.0 Å². The first-order valence-electron chi connectivity index (χ1n) is 6.98. The van der Waals surface area contributed by atoms with Crippen molar-refractivity contribution in [1.82, 2.24) is 15.1 Å². The summed E-state index contributed by atoms with van der Waals surface area (Å²) < 4.78 is 13.7. The van der Waals surface area contributed by atoms with Gasteiger partial charge in [-0.3, -0.25) is 9.69 Å². The molecule has 0 aliphatic carbocycles. The van der Waals surface area contributed by atoms with Crippen LogP contribution in [0, 0.1) is 5.82 Å². The molecule has 1 aliphatic rings. The summed E-state index contributed by atoms with van der Waals surface area (Å²) in [4.78, 5) is 26.8. The number of halogens is 2. The van der Waals surface area contributed by atoms with Crippen LogP contribution in [-0.2, 0) is 11.3 Å². The minimum atomic E-state index is -0.871. The lowest BCUT2D eigenvalue weighted by atomic mass is 10.1. The van der Waals surface area contributed by atoms with Crippen molar-refractivity contribution in [1.29, 1.82) is 0 Å². The molecule has 1 N–H and O–H groups in total. The monoisotopic (exact) mass is 327 g/mol. The Labute approximate surface area is 134 Å². The molecule has 0 unspecified atom stereocenters. The molecule has 1 saturated heterocycles. The summed E-state index contributed by atoms with van der Waals surface area (Å²) in [6, 6.07) is 4.14. The summed E-state index contributed by atoms with van der Waals surface area (Å²) in [6.07, 6.45) is 0. The molecule has 1 heterocycles. The maximum atomic E-state index is 13.7. The summed E-state index contributed by atoms with van der Waals surface area (Å²) in [7, 11) is 1.78. The van der Waals surface area contributed by atoms with Crippen molar-refractivity contribution in [2.45, 2.75) is 25.9 Å². The summed E-state index contributed by atoms with van der Waals surface area (Å²) in [6.45, 7) is 4.31. The third-order valence-electron chi connectivity index (χ3n) is 3.64. The number of amides is 3. The molecule has 0 radical (unpaired) electrons. The summed E-state index contributed by atoms with van der Waals surface area (Å²) in [5.41, 5.74) is -0.464. The van der Waals surface area contributed by atoms with Crippen LogP contribution >= 0.6 is 11.6 Å². The molecule has 0 bridgehead atoms. The smallest absolute Gasteiger partial charge is 0.324 e. The number of nitrogens with one attached hydrogen (secondary N) is 1. The van der Waals surface area contributed by atoms with Crippen LogP contribution in [0.1, 0.15) is 19.4 Å². The van der Waals surface area contributed by atoms with Gasteiger partial charge in [-0.1, -0.05) is 17.7 Å². The predicted molar refractivity (Wildman–Crippen MR) is 82.1 cm³/mol. The molecule has 0 aromatic heterocycles. The lowest BCUT2D eigenvalue weighted by Crippen LogP contribution is -2.41. The average molecular weight is 328 g/mol. The molecule has 0 saturated carbocycles. The van der Waals surface area contributed by atoms with E-state index in [9.17, 15) is 14.0 Å². The molecule has 3 amide bonds. The van der Waals surface area contributed by atoms with Gasteiger partial charge in [-0.25, -0.2) is 9.18 Å². The van der Waals surface area contributed by atoms with E-state index in [0.29, 0.717) is 23.7 Å². The fourth-order valence-electron chi connectivity index (χ4n) is 2.32. The number of rotatable bonds is 5. The molecule has 7 heteroatoms. The third kappa shape index (κ3) is 3.39. The van der Waals surface area contributed by atoms with Crippen molar-refractivity contribution >= 4 is 23.5 Å². The number of nitrogens with zero attached hydrogens (tertiary/aromatic N) is 2. The number of urea groups is 1. The summed E-state index contributed by atoms with van der Waals surface area (Å²) >= 11 is 5.99. The van der Waals surface area contributed by atoms with E-state index >= 15 is 0 Å². The second-order valence-corrected chi connectivity index (χ2v) is 6.36. The Morgan fingerprint density at radius 3 is 2.59 bits per heavy atom. The molecule has 1 aromatic carbocycles. The minimum absolute atomic E-state index is 0.247. The molecule has 1 fully saturated rings. The Bertz CT molecular complexity index is 586. The van der Waals surface area contributed by atoms with E-state index in [4.69, 9.17) is 11.6 Å². The van der Waals surface area contributed by atoms with Crippen LogP contribution in [0.2, 0.25) is 5.02 Å². The van der Waals surface area contributed by atoms with Crippen LogP contribution in [0.4, 0.5) is 9.18 Å². The zero-order chi connectivity index (χ0) is 16.5. The number of hydrogen-bond donors (Lipinski definition) is 1. The second kappa shape index (κ2) is 6.22. The topological polar surface area (TPSA) is 52.6 Å². The van der Waals surface area contributed by atoms with Crippen LogP contribution in [0.3, 0.4) is 0 Å². The lowest BCUT2D eigenvalue weighted by molar-refractivity contribution is -0.130. The van der Waals surface area contributed by atoms with Crippen molar-refractivity contribution in [3.05, 3.63) is 34.6 Å². The Morgan fingerprint density at radius 1 is 1.36 bits per heavy atom. The van der Waals surface area contributed by atoms with Crippen LogP contribution in [0.15, 0.2) is 18.2 Å². The molecule has 120 valence electrons. The van der Waals surface area contributed by atoms with Gasteiger partial charge in [-0.05, 0) is 33.0 Å². The quantitative estimate of drug-likeness (QED) is 0.844. The Kier molecular flexibility index (Phi) is 4.72. The first kappa shape index (κ1) is 16.7. The first-order valence-corrected chi connectivity index (χ1v) is 7.35. The zero-order valence-corrected chi connectivity index (χ0v) is 13.6. The van der Waals surface area contributed by atoms with Gasteiger partial charge in [0.1, 0.15) is 11.4 Å². The first-order chi connectivity index (χ1) is 10.2. The number of carbonyl (C=O) groups is 2. The van der Waals surface area contributed by atoms with Gasteiger partial charge in [0.25, 0.3) is 5.91 Å². The van der Waals surface area contributed by atoms with E-state index in [0.717, 1.165) is 0 Å². The third-order valence-corrected chi connectivity index (χ3v) is 3.99. The van der Waals surface area contributed by atoms with E-state index in [1.807, 2.05) is 4.90 Å². The van der Waals surface area contributed by atoms with Gasteiger partial charge in [0.05, 0.1) is 0 Å². The molecular weight excluding hydrogens is 309 g/mol.